The Morgan fingerprint density at radius 3 is 2.71 bits per heavy atom. The van der Waals surface area contributed by atoms with Crippen LogP contribution >= 0.6 is 0 Å². The summed E-state index contributed by atoms with van der Waals surface area (Å²) in [5.41, 5.74) is 6.30. The predicted octanol–water partition coefficient (Wildman–Crippen LogP) is 0.376. The van der Waals surface area contributed by atoms with E-state index in [1.807, 2.05) is 0 Å². The fourth-order valence-electron chi connectivity index (χ4n) is 3.09. The van der Waals surface area contributed by atoms with Gasteiger partial charge in [-0.2, -0.15) is 0 Å². The third-order valence-electron chi connectivity index (χ3n) is 4.46. The molecule has 0 spiro atoms. The highest BCUT2D eigenvalue weighted by Gasteiger charge is 2.39. The molecule has 2 heterocycles. The number of hydrogen-bond donors (Lipinski definition) is 1. The van der Waals surface area contributed by atoms with Crippen molar-refractivity contribution in [2.45, 2.75) is 32.9 Å². The van der Waals surface area contributed by atoms with Gasteiger partial charge in [-0.25, -0.2) is 0 Å². The van der Waals surface area contributed by atoms with Crippen LogP contribution in [0.5, 0.6) is 0 Å². The number of nitrogens with two attached hydrogens (primary N) is 1. The summed E-state index contributed by atoms with van der Waals surface area (Å²) in [4.78, 5) is 5.11. The van der Waals surface area contributed by atoms with E-state index in [9.17, 15) is 0 Å². The lowest BCUT2D eigenvalue weighted by Gasteiger charge is -2.42. The van der Waals surface area contributed by atoms with Crippen LogP contribution in [0.1, 0.15) is 20.8 Å². The third-order valence-corrected chi connectivity index (χ3v) is 4.46. The quantitative estimate of drug-likeness (QED) is 0.775. The molecule has 0 bridgehead atoms. The Morgan fingerprint density at radius 1 is 1.41 bits per heavy atom. The highest BCUT2D eigenvalue weighted by Crippen LogP contribution is 2.28. The Kier molecular flexibility index (Phi) is 4.08. The molecule has 2 N–H and O–H groups in total. The lowest BCUT2D eigenvalue weighted by molar-refractivity contribution is 0.0501. The Hall–Kier alpha value is -0.160. The van der Waals surface area contributed by atoms with Gasteiger partial charge in [-0.3, -0.25) is 9.80 Å². The van der Waals surface area contributed by atoms with Crippen molar-refractivity contribution >= 4 is 0 Å². The fourth-order valence-corrected chi connectivity index (χ4v) is 3.09. The van der Waals surface area contributed by atoms with E-state index >= 15 is 0 Å². The molecule has 2 fully saturated rings. The molecule has 100 valence electrons. The summed E-state index contributed by atoms with van der Waals surface area (Å²) in [5.74, 6) is 0. The Morgan fingerprint density at radius 2 is 2.18 bits per heavy atom. The van der Waals surface area contributed by atoms with Crippen LogP contribution in [0.15, 0.2) is 0 Å². The minimum Gasteiger partial charge on any atom is -0.379 e. The molecule has 3 atom stereocenters. The monoisotopic (exact) mass is 241 g/mol. The average molecular weight is 241 g/mol. The molecule has 4 heteroatoms. The van der Waals surface area contributed by atoms with Crippen molar-refractivity contribution < 1.29 is 4.74 Å². The van der Waals surface area contributed by atoms with Crippen LogP contribution in [0.25, 0.3) is 0 Å². The molecule has 0 amide bonds. The summed E-state index contributed by atoms with van der Waals surface area (Å²) in [6, 6.07) is 0.859. The first-order valence-corrected chi connectivity index (χ1v) is 6.85. The molecular formula is C13H27N3O. The van der Waals surface area contributed by atoms with Crippen molar-refractivity contribution in [1.29, 1.82) is 0 Å². The Balaban J connectivity index is 1.88. The zero-order valence-electron chi connectivity index (χ0n) is 11.5. The highest BCUT2D eigenvalue weighted by molar-refractivity contribution is 4.93. The van der Waals surface area contributed by atoms with E-state index in [0.29, 0.717) is 6.04 Å². The molecular weight excluding hydrogens is 214 g/mol. The number of likely N-dealkylation sites (N-methyl/N-ethyl adjacent to an activating group) is 1. The van der Waals surface area contributed by atoms with Crippen LogP contribution in [0.3, 0.4) is 0 Å². The summed E-state index contributed by atoms with van der Waals surface area (Å²) < 4.78 is 5.52. The van der Waals surface area contributed by atoms with Crippen LogP contribution in [0, 0.1) is 5.41 Å². The predicted molar refractivity (Wildman–Crippen MR) is 70.1 cm³/mol. The van der Waals surface area contributed by atoms with Crippen LogP contribution in [0.4, 0.5) is 0 Å². The van der Waals surface area contributed by atoms with Crippen molar-refractivity contribution in [3.63, 3.8) is 0 Å². The Bertz CT molecular complexity index is 261. The zero-order chi connectivity index (χ0) is 12.5. The molecule has 17 heavy (non-hydrogen) atoms. The fraction of sp³-hybridized carbons (Fsp3) is 1.00. The minimum absolute atomic E-state index is 0.147. The molecule has 2 aliphatic rings. The van der Waals surface area contributed by atoms with Gasteiger partial charge in [0.2, 0.25) is 0 Å². The summed E-state index contributed by atoms with van der Waals surface area (Å²) in [7, 11) is 0. The van der Waals surface area contributed by atoms with Crippen LogP contribution in [0.2, 0.25) is 0 Å². The minimum atomic E-state index is 0.147. The van der Waals surface area contributed by atoms with Crippen molar-refractivity contribution in [3.05, 3.63) is 0 Å². The van der Waals surface area contributed by atoms with Gasteiger partial charge >= 0.3 is 0 Å². The van der Waals surface area contributed by atoms with Gasteiger partial charge in [0.15, 0.2) is 0 Å². The van der Waals surface area contributed by atoms with Gasteiger partial charge in [0.05, 0.1) is 13.2 Å². The van der Waals surface area contributed by atoms with Gasteiger partial charge in [0.25, 0.3) is 0 Å². The first kappa shape index (κ1) is 13.3. The second-order valence-electron chi connectivity index (χ2n) is 5.99. The molecule has 0 aromatic rings. The van der Waals surface area contributed by atoms with E-state index in [1.54, 1.807) is 0 Å². The molecule has 2 rings (SSSR count). The van der Waals surface area contributed by atoms with Gasteiger partial charge in [-0.1, -0.05) is 13.8 Å². The SMILES string of the molecule is CCN1CCN(CC2(C)COCC2N)CC1C. The van der Waals surface area contributed by atoms with Crippen molar-refractivity contribution in [1.82, 2.24) is 9.80 Å². The topological polar surface area (TPSA) is 41.7 Å². The molecule has 4 nitrogen and oxygen atoms in total. The van der Waals surface area contributed by atoms with Gasteiger partial charge < -0.3 is 10.5 Å². The van der Waals surface area contributed by atoms with E-state index < -0.39 is 0 Å². The smallest absolute Gasteiger partial charge is 0.0624 e. The normalized spacial score (nSPS) is 40.9. The van der Waals surface area contributed by atoms with E-state index in [4.69, 9.17) is 10.5 Å². The first-order valence-electron chi connectivity index (χ1n) is 6.85. The zero-order valence-corrected chi connectivity index (χ0v) is 11.5. The van der Waals surface area contributed by atoms with E-state index in [-0.39, 0.29) is 11.5 Å². The van der Waals surface area contributed by atoms with Gasteiger partial charge in [0, 0.05) is 43.7 Å². The van der Waals surface area contributed by atoms with Crippen LogP contribution in [-0.4, -0.2) is 67.8 Å². The molecule has 2 saturated heterocycles. The highest BCUT2D eigenvalue weighted by atomic mass is 16.5. The second-order valence-corrected chi connectivity index (χ2v) is 5.99. The van der Waals surface area contributed by atoms with Crippen LogP contribution in [-0.2, 0) is 4.74 Å². The molecule has 0 saturated carbocycles. The van der Waals surface area contributed by atoms with E-state index in [0.717, 1.165) is 32.8 Å². The van der Waals surface area contributed by atoms with Crippen LogP contribution < -0.4 is 5.73 Å². The maximum atomic E-state index is 6.16. The second kappa shape index (κ2) is 5.22. The average Bonchev–Trinajstić information content (AvgIpc) is 2.59. The lowest BCUT2D eigenvalue weighted by Crippen LogP contribution is -2.56. The number of nitrogens with zero attached hydrogens (tertiary/aromatic N) is 2. The van der Waals surface area contributed by atoms with E-state index in [1.165, 1.54) is 13.1 Å². The summed E-state index contributed by atoms with van der Waals surface area (Å²) in [6.07, 6.45) is 0. The first-order chi connectivity index (χ1) is 8.05. The molecule has 0 radical (unpaired) electrons. The van der Waals surface area contributed by atoms with Crippen molar-refractivity contribution in [2.75, 3.05) is 45.9 Å². The van der Waals surface area contributed by atoms with Gasteiger partial charge in [-0.05, 0) is 13.5 Å². The number of piperazine rings is 1. The standard InChI is InChI=1S/C13H27N3O/c1-4-16-6-5-15(7-11(16)2)9-13(3)10-17-8-12(13)14/h11-12H,4-10,14H2,1-3H3. The summed E-state index contributed by atoms with van der Waals surface area (Å²) >= 11 is 0. The van der Waals surface area contributed by atoms with Crippen molar-refractivity contribution in [3.8, 4) is 0 Å². The largest absolute Gasteiger partial charge is 0.379 e. The lowest BCUT2D eigenvalue weighted by atomic mass is 9.85. The number of rotatable bonds is 3. The van der Waals surface area contributed by atoms with Gasteiger partial charge in [0.1, 0.15) is 0 Å². The maximum Gasteiger partial charge on any atom is 0.0624 e. The van der Waals surface area contributed by atoms with E-state index in [2.05, 4.69) is 30.6 Å². The molecule has 0 aromatic carbocycles. The van der Waals surface area contributed by atoms with Crippen molar-refractivity contribution in [2.24, 2.45) is 11.1 Å². The summed E-state index contributed by atoms with van der Waals surface area (Å²) in [6.45, 7) is 14.1. The number of ether oxygens (including phenoxy) is 1. The summed E-state index contributed by atoms with van der Waals surface area (Å²) in [5, 5.41) is 0. The molecule has 0 aliphatic carbocycles. The molecule has 0 aromatic heterocycles. The maximum absolute atomic E-state index is 6.16. The molecule has 2 aliphatic heterocycles. The van der Waals surface area contributed by atoms with Gasteiger partial charge in [-0.15, -0.1) is 0 Å². The number of hydrogen-bond acceptors (Lipinski definition) is 4. The molecule has 3 unspecified atom stereocenters. The third kappa shape index (κ3) is 2.81. The Labute approximate surface area is 105 Å².